The number of carbonyl (C=O) groups is 1. The zero-order valence-electron chi connectivity index (χ0n) is 15.4. The van der Waals surface area contributed by atoms with Crippen molar-refractivity contribution in [2.24, 2.45) is 14.1 Å². The van der Waals surface area contributed by atoms with Crippen LogP contribution in [-0.4, -0.2) is 62.2 Å². The molecule has 140 valence electrons. The molecule has 4 rings (SSSR count). The number of carbonyl (C=O) groups excluding carboxylic acids is 1. The maximum absolute atomic E-state index is 12.9. The van der Waals surface area contributed by atoms with E-state index in [1.165, 1.54) is 0 Å². The molecule has 0 spiro atoms. The van der Waals surface area contributed by atoms with Crippen LogP contribution in [0.1, 0.15) is 25.7 Å². The second-order valence-electron chi connectivity index (χ2n) is 7.17. The van der Waals surface area contributed by atoms with Gasteiger partial charge in [-0.2, -0.15) is 10.2 Å². The van der Waals surface area contributed by atoms with Crippen LogP contribution in [-0.2, 0) is 23.6 Å². The van der Waals surface area contributed by atoms with Crippen LogP contribution in [0.2, 0.25) is 0 Å². The molecular formula is C18H26N6O2. The number of hydrogen-bond donors (Lipinski definition) is 1. The van der Waals surface area contributed by atoms with Crippen molar-refractivity contribution in [1.29, 1.82) is 0 Å². The third-order valence-electron chi connectivity index (χ3n) is 5.39. The van der Waals surface area contributed by atoms with Gasteiger partial charge in [0.05, 0.1) is 17.9 Å². The summed E-state index contributed by atoms with van der Waals surface area (Å²) in [6.07, 6.45) is 7.70. The SMILES string of the molecule is Cn1cc(-c2cc(NC(=O)C3CCCN3C3CCOCC3)n(C)n2)cn1. The molecule has 2 aliphatic heterocycles. The van der Waals surface area contributed by atoms with Gasteiger partial charge in [-0.15, -0.1) is 0 Å². The van der Waals surface area contributed by atoms with Crippen LogP contribution in [0.4, 0.5) is 5.82 Å². The van der Waals surface area contributed by atoms with Crippen LogP contribution in [0.5, 0.6) is 0 Å². The van der Waals surface area contributed by atoms with Gasteiger partial charge >= 0.3 is 0 Å². The van der Waals surface area contributed by atoms with Gasteiger partial charge in [-0.05, 0) is 32.2 Å². The summed E-state index contributed by atoms with van der Waals surface area (Å²) >= 11 is 0. The van der Waals surface area contributed by atoms with Gasteiger partial charge in [-0.3, -0.25) is 19.1 Å². The number of amides is 1. The smallest absolute Gasteiger partial charge is 0.242 e. The number of hydrogen-bond acceptors (Lipinski definition) is 5. The van der Waals surface area contributed by atoms with Crippen LogP contribution in [0.25, 0.3) is 11.3 Å². The predicted molar refractivity (Wildman–Crippen MR) is 97.6 cm³/mol. The Kier molecular flexibility index (Phi) is 4.78. The summed E-state index contributed by atoms with van der Waals surface area (Å²) in [5, 5.41) is 11.8. The summed E-state index contributed by atoms with van der Waals surface area (Å²) in [5.74, 6) is 0.780. The van der Waals surface area contributed by atoms with Crippen molar-refractivity contribution >= 4 is 11.7 Å². The van der Waals surface area contributed by atoms with Gasteiger partial charge in [0.25, 0.3) is 0 Å². The predicted octanol–water partition coefficient (Wildman–Crippen LogP) is 1.40. The van der Waals surface area contributed by atoms with Crippen LogP contribution < -0.4 is 5.32 Å². The largest absolute Gasteiger partial charge is 0.381 e. The third-order valence-corrected chi connectivity index (χ3v) is 5.39. The molecule has 8 heteroatoms. The van der Waals surface area contributed by atoms with E-state index in [1.807, 2.05) is 26.4 Å². The fourth-order valence-corrected chi connectivity index (χ4v) is 4.01. The van der Waals surface area contributed by atoms with Gasteiger partial charge in [0.2, 0.25) is 5.91 Å². The average molecular weight is 358 g/mol. The van der Waals surface area contributed by atoms with E-state index in [0.717, 1.165) is 56.7 Å². The van der Waals surface area contributed by atoms with Crippen LogP contribution in [0.15, 0.2) is 18.5 Å². The van der Waals surface area contributed by atoms with Crippen molar-refractivity contribution in [2.45, 2.75) is 37.8 Å². The van der Waals surface area contributed by atoms with Crippen molar-refractivity contribution < 1.29 is 9.53 Å². The first-order chi connectivity index (χ1) is 12.6. The monoisotopic (exact) mass is 358 g/mol. The molecule has 8 nitrogen and oxygen atoms in total. The molecule has 2 saturated heterocycles. The second-order valence-corrected chi connectivity index (χ2v) is 7.17. The summed E-state index contributed by atoms with van der Waals surface area (Å²) in [6.45, 7) is 2.59. The maximum atomic E-state index is 12.9. The van der Waals surface area contributed by atoms with E-state index in [1.54, 1.807) is 15.6 Å². The lowest BCUT2D eigenvalue weighted by Crippen LogP contribution is -2.47. The lowest BCUT2D eigenvalue weighted by molar-refractivity contribution is -0.121. The molecule has 0 radical (unpaired) electrons. The zero-order valence-corrected chi connectivity index (χ0v) is 15.4. The minimum Gasteiger partial charge on any atom is -0.381 e. The Morgan fingerprint density at radius 1 is 1.27 bits per heavy atom. The van der Waals surface area contributed by atoms with E-state index in [9.17, 15) is 4.79 Å². The summed E-state index contributed by atoms with van der Waals surface area (Å²) < 4.78 is 8.93. The van der Waals surface area contributed by atoms with Gasteiger partial charge in [-0.1, -0.05) is 0 Å². The van der Waals surface area contributed by atoms with E-state index >= 15 is 0 Å². The van der Waals surface area contributed by atoms with Crippen LogP contribution in [0.3, 0.4) is 0 Å². The van der Waals surface area contributed by atoms with Gasteiger partial charge in [0.15, 0.2) is 0 Å². The number of nitrogens with one attached hydrogen (secondary N) is 1. The lowest BCUT2D eigenvalue weighted by Gasteiger charge is -2.34. The van der Waals surface area contributed by atoms with Crippen LogP contribution >= 0.6 is 0 Å². The maximum Gasteiger partial charge on any atom is 0.242 e. The van der Waals surface area contributed by atoms with Gasteiger partial charge in [0.1, 0.15) is 5.82 Å². The van der Waals surface area contributed by atoms with E-state index in [0.29, 0.717) is 11.9 Å². The Balaban J connectivity index is 1.46. The van der Waals surface area contributed by atoms with E-state index < -0.39 is 0 Å². The first kappa shape index (κ1) is 17.2. The summed E-state index contributed by atoms with van der Waals surface area (Å²) in [5.41, 5.74) is 1.75. The summed E-state index contributed by atoms with van der Waals surface area (Å²) in [7, 11) is 3.72. The minimum atomic E-state index is -0.0603. The fourth-order valence-electron chi connectivity index (χ4n) is 4.01. The van der Waals surface area contributed by atoms with Crippen molar-refractivity contribution in [3.63, 3.8) is 0 Å². The second kappa shape index (κ2) is 7.20. The molecule has 1 N–H and O–H groups in total. The molecule has 2 fully saturated rings. The Labute approximate surface area is 153 Å². The average Bonchev–Trinajstić information content (AvgIpc) is 3.36. The lowest BCUT2D eigenvalue weighted by atomic mass is 10.1. The highest BCUT2D eigenvalue weighted by molar-refractivity contribution is 5.94. The molecule has 4 heterocycles. The van der Waals surface area contributed by atoms with Crippen LogP contribution in [0, 0.1) is 0 Å². The molecular weight excluding hydrogens is 332 g/mol. The molecule has 1 unspecified atom stereocenters. The number of aromatic nitrogens is 4. The van der Waals surface area contributed by atoms with Crippen molar-refractivity contribution in [1.82, 2.24) is 24.5 Å². The molecule has 0 saturated carbocycles. The summed E-state index contributed by atoms with van der Waals surface area (Å²) in [6, 6.07) is 2.30. The van der Waals surface area contributed by atoms with E-state index in [-0.39, 0.29) is 11.9 Å². The highest BCUT2D eigenvalue weighted by Crippen LogP contribution is 2.27. The van der Waals surface area contributed by atoms with Gasteiger partial charge in [-0.25, -0.2) is 0 Å². The molecule has 2 aliphatic rings. The number of ether oxygens (including phenoxy) is 1. The quantitative estimate of drug-likeness (QED) is 0.894. The van der Waals surface area contributed by atoms with Crippen molar-refractivity contribution in [3.05, 3.63) is 18.5 Å². The normalized spacial score (nSPS) is 22.0. The van der Waals surface area contributed by atoms with Crippen molar-refractivity contribution in [3.8, 4) is 11.3 Å². The molecule has 0 aromatic carbocycles. The van der Waals surface area contributed by atoms with Gasteiger partial charge < -0.3 is 10.1 Å². The molecule has 0 aliphatic carbocycles. The number of aryl methyl sites for hydroxylation is 2. The fraction of sp³-hybridized carbons (Fsp3) is 0.611. The van der Waals surface area contributed by atoms with Gasteiger partial charge in [0, 0.05) is 51.2 Å². The Bertz CT molecular complexity index is 776. The summed E-state index contributed by atoms with van der Waals surface area (Å²) in [4.78, 5) is 15.3. The molecule has 2 aromatic rings. The molecule has 1 atom stereocenters. The highest BCUT2D eigenvalue weighted by Gasteiger charge is 2.36. The Morgan fingerprint density at radius 3 is 2.81 bits per heavy atom. The molecule has 2 aromatic heterocycles. The van der Waals surface area contributed by atoms with Crippen molar-refractivity contribution in [2.75, 3.05) is 25.1 Å². The molecule has 26 heavy (non-hydrogen) atoms. The number of likely N-dealkylation sites (tertiary alicyclic amines) is 1. The van der Waals surface area contributed by atoms with E-state index in [2.05, 4.69) is 20.4 Å². The molecule has 1 amide bonds. The zero-order chi connectivity index (χ0) is 18.1. The topological polar surface area (TPSA) is 77.2 Å². The minimum absolute atomic E-state index is 0.0603. The first-order valence-corrected chi connectivity index (χ1v) is 9.29. The third kappa shape index (κ3) is 3.39. The first-order valence-electron chi connectivity index (χ1n) is 9.29. The number of anilines is 1. The molecule has 0 bridgehead atoms. The highest BCUT2D eigenvalue weighted by atomic mass is 16.5. The standard InChI is InChI=1S/C18H26N6O2/c1-22-12-13(11-19-22)15-10-17(23(2)21-15)20-18(25)16-4-3-7-24(16)14-5-8-26-9-6-14/h10-12,14,16H,3-9H2,1-2H3,(H,20,25). The Hall–Kier alpha value is -2.19. The number of rotatable bonds is 4. The number of nitrogens with zero attached hydrogens (tertiary/aromatic N) is 5. The Morgan fingerprint density at radius 2 is 2.08 bits per heavy atom. The van der Waals surface area contributed by atoms with E-state index in [4.69, 9.17) is 4.74 Å².